The molecule has 1 rings (SSSR count). The van der Waals surface area contributed by atoms with Crippen LogP contribution in [0.1, 0.15) is 27.2 Å². The zero-order valence-corrected chi connectivity index (χ0v) is 13.2. The largest absolute Gasteiger partial charge is 0.338 e. The quantitative estimate of drug-likeness (QED) is 0.714. The average Bonchev–Trinajstić information content (AvgIpc) is 2.51. The van der Waals surface area contributed by atoms with Crippen LogP contribution in [0.4, 0.5) is 0 Å². The standard InChI is InChI=1S/C14H26N2O2S/c1-5-16(10-12(2)3)14(17)11-15-7-6-13(4)19(18)9-8-15/h13H,2,5-11H2,1,3-4H3. The van der Waals surface area contributed by atoms with Gasteiger partial charge in [0.05, 0.1) is 6.54 Å². The Kier molecular flexibility index (Phi) is 6.72. The number of nitrogens with zero attached hydrogens (tertiary/aromatic N) is 2. The highest BCUT2D eigenvalue weighted by Gasteiger charge is 2.22. The summed E-state index contributed by atoms with van der Waals surface area (Å²) in [6, 6.07) is 0. The Labute approximate surface area is 119 Å². The van der Waals surface area contributed by atoms with Gasteiger partial charge < -0.3 is 4.90 Å². The van der Waals surface area contributed by atoms with E-state index in [1.165, 1.54) is 0 Å². The molecule has 1 aliphatic rings. The predicted octanol–water partition coefficient (Wildman–Crippen LogP) is 1.25. The van der Waals surface area contributed by atoms with E-state index in [0.29, 0.717) is 25.4 Å². The third kappa shape index (κ3) is 5.45. The van der Waals surface area contributed by atoms with Crippen molar-refractivity contribution in [3.63, 3.8) is 0 Å². The molecule has 0 aromatic rings. The fourth-order valence-electron chi connectivity index (χ4n) is 2.18. The SMILES string of the molecule is C=C(C)CN(CC)C(=O)CN1CCC(C)S(=O)CC1. The minimum absolute atomic E-state index is 0.144. The molecule has 1 amide bonds. The maximum Gasteiger partial charge on any atom is 0.237 e. The van der Waals surface area contributed by atoms with Crippen molar-refractivity contribution in [2.75, 3.05) is 38.5 Å². The second-order valence-corrected chi connectivity index (χ2v) is 7.30. The van der Waals surface area contributed by atoms with E-state index < -0.39 is 10.8 Å². The van der Waals surface area contributed by atoms with Gasteiger partial charge in [-0.1, -0.05) is 19.1 Å². The van der Waals surface area contributed by atoms with Gasteiger partial charge in [-0.25, -0.2) is 0 Å². The molecule has 0 aromatic carbocycles. The zero-order chi connectivity index (χ0) is 14.4. The second kappa shape index (κ2) is 7.80. The van der Waals surface area contributed by atoms with Crippen LogP contribution in [-0.2, 0) is 15.6 Å². The van der Waals surface area contributed by atoms with Gasteiger partial charge in [0.15, 0.2) is 0 Å². The molecule has 0 N–H and O–H groups in total. The number of carbonyl (C=O) groups excluding carboxylic acids is 1. The van der Waals surface area contributed by atoms with E-state index in [4.69, 9.17) is 0 Å². The summed E-state index contributed by atoms with van der Waals surface area (Å²) in [6.45, 7) is 13.2. The van der Waals surface area contributed by atoms with Gasteiger partial charge in [-0.05, 0) is 26.8 Å². The fraction of sp³-hybridized carbons (Fsp3) is 0.786. The molecule has 1 heterocycles. The lowest BCUT2D eigenvalue weighted by molar-refractivity contribution is -0.131. The van der Waals surface area contributed by atoms with Crippen molar-refractivity contribution < 1.29 is 9.00 Å². The van der Waals surface area contributed by atoms with Gasteiger partial charge in [-0.15, -0.1) is 0 Å². The molecular formula is C14H26N2O2S. The molecule has 110 valence electrons. The van der Waals surface area contributed by atoms with Gasteiger partial charge >= 0.3 is 0 Å². The molecule has 0 radical (unpaired) electrons. The van der Waals surface area contributed by atoms with E-state index in [-0.39, 0.29) is 11.2 Å². The average molecular weight is 286 g/mol. The molecule has 5 heteroatoms. The van der Waals surface area contributed by atoms with E-state index in [1.807, 2.05) is 25.7 Å². The van der Waals surface area contributed by atoms with Gasteiger partial charge in [0.1, 0.15) is 0 Å². The fourth-order valence-corrected chi connectivity index (χ4v) is 3.39. The van der Waals surface area contributed by atoms with E-state index in [1.54, 1.807) is 0 Å². The number of likely N-dealkylation sites (N-methyl/N-ethyl adjacent to an activating group) is 1. The van der Waals surface area contributed by atoms with Crippen molar-refractivity contribution in [3.8, 4) is 0 Å². The first-order valence-corrected chi connectivity index (χ1v) is 8.34. The van der Waals surface area contributed by atoms with Gasteiger partial charge in [-0.3, -0.25) is 13.9 Å². The number of amides is 1. The van der Waals surface area contributed by atoms with Crippen LogP contribution in [0.15, 0.2) is 12.2 Å². The van der Waals surface area contributed by atoms with E-state index >= 15 is 0 Å². The summed E-state index contributed by atoms with van der Waals surface area (Å²) >= 11 is 0. The second-order valence-electron chi connectivity index (χ2n) is 5.33. The highest BCUT2D eigenvalue weighted by Crippen LogP contribution is 2.10. The Hall–Kier alpha value is -0.680. The van der Waals surface area contributed by atoms with Crippen LogP contribution < -0.4 is 0 Å². The molecule has 0 saturated carbocycles. The Morgan fingerprint density at radius 1 is 1.47 bits per heavy atom. The lowest BCUT2D eigenvalue weighted by Gasteiger charge is -2.25. The number of rotatable bonds is 5. The van der Waals surface area contributed by atoms with Crippen LogP contribution in [0, 0.1) is 0 Å². The summed E-state index contributed by atoms with van der Waals surface area (Å²) in [5, 5.41) is 0.248. The molecule has 1 fully saturated rings. The molecule has 19 heavy (non-hydrogen) atoms. The molecule has 2 atom stereocenters. The Morgan fingerprint density at radius 3 is 2.74 bits per heavy atom. The van der Waals surface area contributed by atoms with Crippen LogP contribution in [0.5, 0.6) is 0 Å². The van der Waals surface area contributed by atoms with Crippen molar-refractivity contribution in [1.29, 1.82) is 0 Å². The molecule has 2 unspecified atom stereocenters. The lowest BCUT2D eigenvalue weighted by Crippen LogP contribution is -2.41. The van der Waals surface area contributed by atoms with E-state index in [2.05, 4.69) is 11.5 Å². The molecule has 0 aliphatic carbocycles. The minimum Gasteiger partial charge on any atom is -0.338 e. The molecule has 4 nitrogen and oxygen atoms in total. The third-order valence-corrected chi connectivity index (χ3v) is 5.18. The molecule has 0 bridgehead atoms. The predicted molar refractivity (Wildman–Crippen MR) is 80.6 cm³/mol. The molecule has 0 aromatic heterocycles. The smallest absolute Gasteiger partial charge is 0.237 e. The monoisotopic (exact) mass is 286 g/mol. The first kappa shape index (κ1) is 16.4. The van der Waals surface area contributed by atoms with Crippen molar-refractivity contribution in [2.24, 2.45) is 0 Å². The van der Waals surface area contributed by atoms with Gasteiger partial charge in [0.25, 0.3) is 0 Å². The van der Waals surface area contributed by atoms with Gasteiger partial charge in [-0.2, -0.15) is 0 Å². The van der Waals surface area contributed by atoms with Crippen LogP contribution in [-0.4, -0.2) is 63.6 Å². The summed E-state index contributed by atoms with van der Waals surface area (Å²) in [4.78, 5) is 16.2. The van der Waals surface area contributed by atoms with Gasteiger partial charge in [0.2, 0.25) is 5.91 Å². The Bertz CT molecular complexity index is 357. The minimum atomic E-state index is -0.740. The highest BCUT2D eigenvalue weighted by molar-refractivity contribution is 7.85. The van der Waals surface area contributed by atoms with E-state index in [0.717, 1.165) is 25.1 Å². The topological polar surface area (TPSA) is 40.6 Å². The zero-order valence-electron chi connectivity index (χ0n) is 12.4. The summed E-state index contributed by atoms with van der Waals surface area (Å²) in [5.41, 5.74) is 1.00. The lowest BCUT2D eigenvalue weighted by atomic mass is 10.3. The van der Waals surface area contributed by atoms with Crippen molar-refractivity contribution in [3.05, 3.63) is 12.2 Å². The van der Waals surface area contributed by atoms with Crippen LogP contribution in [0.3, 0.4) is 0 Å². The summed E-state index contributed by atoms with van der Waals surface area (Å²) in [5.74, 6) is 0.826. The van der Waals surface area contributed by atoms with Crippen LogP contribution in [0.2, 0.25) is 0 Å². The number of hydrogen-bond acceptors (Lipinski definition) is 3. The van der Waals surface area contributed by atoms with Crippen LogP contribution in [0.25, 0.3) is 0 Å². The van der Waals surface area contributed by atoms with Crippen molar-refractivity contribution in [1.82, 2.24) is 9.80 Å². The summed E-state index contributed by atoms with van der Waals surface area (Å²) < 4.78 is 11.8. The third-order valence-electron chi connectivity index (χ3n) is 3.46. The highest BCUT2D eigenvalue weighted by atomic mass is 32.2. The molecule has 1 saturated heterocycles. The molecular weight excluding hydrogens is 260 g/mol. The Balaban J connectivity index is 2.51. The number of hydrogen-bond donors (Lipinski definition) is 0. The van der Waals surface area contributed by atoms with Crippen molar-refractivity contribution in [2.45, 2.75) is 32.4 Å². The number of carbonyl (C=O) groups is 1. The van der Waals surface area contributed by atoms with Crippen molar-refractivity contribution >= 4 is 16.7 Å². The normalized spacial score (nSPS) is 24.8. The summed E-state index contributed by atoms with van der Waals surface area (Å²) in [6.07, 6.45) is 0.909. The summed E-state index contributed by atoms with van der Waals surface area (Å²) in [7, 11) is -0.740. The first-order chi connectivity index (χ1) is 8.93. The Morgan fingerprint density at radius 2 is 2.16 bits per heavy atom. The van der Waals surface area contributed by atoms with Gasteiger partial charge in [0, 0.05) is 41.4 Å². The van der Waals surface area contributed by atoms with E-state index in [9.17, 15) is 9.00 Å². The molecule has 1 aliphatic heterocycles. The molecule has 0 spiro atoms. The maximum absolute atomic E-state index is 12.2. The maximum atomic E-state index is 12.2. The first-order valence-electron chi connectivity index (χ1n) is 6.95. The van der Waals surface area contributed by atoms with Crippen LogP contribution >= 0.6 is 0 Å².